The molecule has 0 spiro atoms. The summed E-state index contributed by atoms with van der Waals surface area (Å²) < 4.78 is 5.69. The van der Waals surface area contributed by atoms with E-state index in [1.807, 2.05) is 62.4 Å². The minimum absolute atomic E-state index is 0.224. The van der Waals surface area contributed by atoms with Crippen LogP contribution in [0.15, 0.2) is 65.1 Å². The number of nitrogens with one attached hydrogen (secondary N) is 1. The van der Waals surface area contributed by atoms with Gasteiger partial charge in [-0.1, -0.05) is 35.9 Å². The minimum atomic E-state index is -0.224. The number of furan rings is 1. The molecule has 0 aliphatic carbocycles. The Morgan fingerprint density at radius 1 is 1.04 bits per heavy atom. The highest BCUT2D eigenvalue weighted by Gasteiger charge is 2.16. The zero-order chi connectivity index (χ0) is 19.0. The molecule has 0 aliphatic rings. The smallest absolute Gasteiger partial charge is 0.256 e. The third-order valence-corrected chi connectivity index (χ3v) is 4.79. The summed E-state index contributed by atoms with van der Waals surface area (Å²) in [4.78, 5) is 17.6. The summed E-state index contributed by atoms with van der Waals surface area (Å²) in [6.45, 7) is 3.79. The van der Waals surface area contributed by atoms with Gasteiger partial charge < -0.3 is 9.73 Å². The summed E-state index contributed by atoms with van der Waals surface area (Å²) in [6, 6.07) is 18.5. The molecule has 27 heavy (non-hydrogen) atoms. The van der Waals surface area contributed by atoms with Crippen LogP contribution < -0.4 is 5.32 Å². The molecular weight excluding hydrogens is 360 g/mol. The number of hydrogen-bond donors (Lipinski definition) is 1. The number of hydrogen-bond acceptors (Lipinski definition) is 3. The van der Waals surface area contributed by atoms with Crippen molar-refractivity contribution in [2.75, 3.05) is 5.32 Å². The molecule has 0 bridgehead atoms. The van der Waals surface area contributed by atoms with Crippen LogP contribution in [0.3, 0.4) is 0 Å². The van der Waals surface area contributed by atoms with E-state index >= 15 is 0 Å². The third-order valence-electron chi connectivity index (χ3n) is 4.38. The van der Waals surface area contributed by atoms with Gasteiger partial charge >= 0.3 is 0 Å². The van der Waals surface area contributed by atoms with Crippen LogP contribution in [-0.4, -0.2) is 10.9 Å². The SMILES string of the molecule is Cc1ccc(-c2cc(C(=O)Nc3ccc(C)c(Cl)c3)c3ccccc3n2)o1. The molecule has 0 radical (unpaired) electrons. The lowest BCUT2D eigenvalue weighted by atomic mass is 10.1. The Balaban J connectivity index is 1.79. The molecule has 1 amide bonds. The van der Waals surface area contributed by atoms with Crippen LogP contribution in [0.2, 0.25) is 5.02 Å². The number of rotatable bonds is 3. The molecule has 0 atom stereocenters. The van der Waals surface area contributed by atoms with Crippen molar-refractivity contribution in [1.82, 2.24) is 4.98 Å². The number of benzene rings is 2. The fraction of sp³-hybridized carbons (Fsp3) is 0.0909. The highest BCUT2D eigenvalue weighted by atomic mass is 35.5. The zero-order valence-electron chi connectivity index (χ0n) is 14.9. The van der Waals surface area contributed by atoms with E-state index in [-0.39, 0.29) is 5.91 Å². The van der Waals surface area contributed by atoms with Crippen LogP contribution in [0.4, 0.5) is 5.69 Å². The maximum atomic E-state index is 13.0. The Morgan fingerprint density at radius 2 is 1.85 bits per heavy atom. The molecule has 134 valence electrons. The van der Waals surface area contributed by atoms with Crippen LogP contribution in [0, 0.1) is 13.8 Å². The number of nitrogens with zero attached hydrogens (tertiary/aromatic N) is 1. The van der Waals surface area contributed by atoms with Crippen LogP contribution in [0.25, 0.3) is 22.4 Å². The van der Waals surface area contributed by atoms with Crippen molar-refractivity contribution in [2.45, 2.75) is 13.8 Å². The Labute approximate surface area is 161 Å². The molecule has 0 unspecified atom stereocenters. The number of carbonyl (C=O) groups excluding carboxylic acids is 1. The Hall–Kier alpha value is -3.11. The minimum Gasteiger partial charge on any atom is -0.460 e. The van der Waals surface area contributed by atoms with Crippen molar-refractivity contribution in [2.24, 2.45) is 0 Å². The number of fused-ring (bicyclic) bond motifs is 1. The lowest BCUT2D eigenvalue weighted by Gasteiger charge is -2.10. The summed E-state index contributed by atoms with van der Waals surface area (Å²) in [7, 11) is 0. The Kier molecular flexibility index (Phi) is 4.42. The molecule has 2 heterocycles. The predicted molar refractivity (Wildman–Crippen MR) is 108 cm³/mol. The van der Waals surface area contributed by atoms with Gasteiger partial charge in [0.2, 0.25) is 0 Å². The third kappa shape index (κ3) is 3.44. The highest BCUT2D eigenvalue weighted by molar-refractivity contribution is 6.31. The first-order valence-corrected chi connectivity index (χ1v) is 8.93. The van der Waals surface area contributed by atoms with Gasteiger partial charge in [0.25, 0.3) is 5.91 Å². The fourth-order valence-corrected chi connectivity index (χ4v) is 3.11. The lowest BCUT2D eigenvalue weighted by molar-refractivity contribution is 0.102. The zero-order valence-corrected chi connectivity index (χ0v) is 15.7. The summed E-state index contributed by atoms with van der Waals surface area (Å²) in [5, 5.41) is 4.31. The van der Waals surface area contributed by atoms with E-state index in [4.69, 9.17) is 16.0 Å². The van der Waals surface area contributed by atoms with E-state index in [2.05, 4.69) is 10.3 Å². The molecule has 1 N–H and O–H groups in total. The lowest BCUT2D eigenvalue weighted by Crippen LogP contribution is -2.13. The highest BCUT2D eigenvalue weighted by Crippen LogP contribution is 2.27. The van der Waals surface area contributed by atoms with Gasteiger partial charge in [-0.2, -0.15) is 0 Å². The maximum absolute atomic E-state index is 13.0. The van der Waals surface area contributed by atoms with Crippen molar-refractivity contribution in [3.8, 4) is 11.5 Å². The topological polar surface area (TPSA) is 55.1 Å². The first-order chi connectivity index (χ1) is 13.0. The second kappa shape index (κ2) is 6.89. The Bertz CT molecular complexity index is 1160. The van der Waals surface area contributed by atoms with Gasteiger partial charge in [0, 0.05) is 16.1 Å². The number of anilines is 1. The van der Waals surface area contributed by atoms with Crippen LogP contribution in [0.5, 0.6) is 0 Å². The largest absolute Gasteiger partial charge is 0.460 e. The number of halogens is 1. The second-order valence-corrected chi connectivity index (χ2v) is 6.81. The molecule has 0 saturated heterocycles. The number of aromatic nitrogens is 1. The monoisotopic (exact) mass is 376 g/mol. The van der Waals surface area contributed by atoms with Gasteiger partial charge in [-0.25, -0.2) is 4.98 Å². The van der Waals surface area contributed by atoms with E-state index in [9.17, 15) is 4.79 Å². The van der Waals surface area contributed by atoms with Gasteiger partial charge in [0.1, 0.15) is 11.5 Å². The van der Waals surface area contributed by atoms with E-state index in [1.165, 1.54) is 0 Å². The van der Waals surface area contributed by atoms with Crippen molar-refractivity contribution in [1.29, 1.82) is 0 Å². The quantitative estimate of drug-likeness (QED) is 0.475. The van der Waals surface area contributed by atoms with Crippen LogP contribution in [-0.2, 0) is 0 Å². The normalized spacial score (nSPS) is 10.9. The molecule has 2 aromatic heterocycles. The van der Waals surface area contributed by atoms with Gasteiger partial charge in [0.05, 0.1) is 11.1 Å². The van der Waals surface area contributed by atoms with Gasteiger partial charge in [-0.05, 0) is 55.8 Å². The molecular formula is C22H17ClN2O2. The average Bonchev–Trinajstić information content (AvgIpc) is 3.10. The molecule has 5 heteroatoms. The molecule has 4 aromatic rings. The predicted octanol–water partition coefficient (Wildman–Crippen LogP) is 6.02. The standard InChI is InChI=1S/C22H17ClN2O2/c1-13-7-9-15(11-18(13)23)24-22(26)17-12-20(21-10-8-14(2)27-21)25-19-6-4-3-5-16(17)19/h3-12H,1-2H3,(H,24,26). The molecule has 0 saturated carbocycles. The van der Waals surface area contributed by atoms with Crippen molar-refractivity contribution in [3.05, 3.63) is 82.6 Å². The molecule has 0 fully saturated rings. The Morgan fingerprint density at radius 3 is 2.59 bits per heavy atom. The van der Waals surface area contributed by atoms with E-state index < -0.39 is 0 Å². The summed E-state index contributed by atoms with van der Waals surface area (Å²) in [6.07, 6.45) is 0. The molecule has 4 rings (SSSR count). The number of amides is 1. The fourth-order valence-electron chi connectivity index (χ4n) is 2.93. The first kappa shape index (κ1) is 17.3. The summed E-state index contributed by atoms with van der Waals surface area (Å²) in [5.74, 6) is 1.20. The van der Waals surface area contributed by atoms with Crippen molar-refractivity contribution >= 4 is 34.1 Å². The average molecular weight is 377 g/mol. The van der Waals surface area contributed by atoms with Crippen LogP contribution in [0.1, 0.15) is 21.7 Å². The van der Waals surface area contributed by atoms with E-state index in [0.29, 0.717) is 27.7 Å². The van der Waals surface area contributed by atoms with Crippen molar-refractivity contribution < 1.29 is 9.21 Å². The number of carbonyl (C=O) groups is 1. The van der Waals surface area contributed by atoms with Crippen LogP contribution >= 0.6 is 11.6 Å². The second-order valence-electron chi connectivity index (χ2n) is 6.40. The summed E-state index contributed by atoms with van der Waals surface area (Å²) in [5.41, 5.74) is 3.48. The number of aryl methyl sites for hydroxylation is 2. The van der Waals surface area contributed by atoms with Gasteiger partial charge in [-0.15, -0.1) is 0 Å². The summed E-state index contributed by atoms with van der Waals surface area (Å²) >= 11 is 6.17. The molecule has 2 aromatic carbocycles. The number of pyridine rings is 1. The first-order valence-electron chi connectivity index (χ1n) is 8.55. The van der Waals surface area contributed by atoms with E-state index in [1.54, 1.807) is 12.1 Å². The number of para-hydroxylation sites is 1. The van der Waals surface area contributed by atoms with Gasteiger partial charge in [-0.3, -0.25) is 4.79 Å². The molecule has 0 aliphatic heterocycles. The maximum Gasteiger partial charge on any atom is 0.256 e. The van der Waals surface area contributed by atoms with E-state index in [0.717, 1.165) is 22.2 Å². The van der Waals surface area contributed by atoms with Crippen molar-refractivity contribution in [3.63, 3.8) is 0 Å². The van der Waals surface area contributed by atoms with Gasteiger partial charge in [0.15, 0.2) is 5.76 Å². The molecule has 4 nitrogen and oxygen atoms in total.